The van der Waals surface area contributed by atoms with Crippen molar-refractivity contribution in [3.8, 4) is 0 Å². The summed E-state index contributed by atoms with van der Waals surface area (Å²) in [5.41, 5.74) is 9.19. The van der Waals surface area contributed by atoms with E-state index in [0.29, 0.717) is 28.8 Å². The van der Waals surface area contributed by atoms with Gasteiger partial charge in [-0.15, -0.1) is 0 Å². The Morgan fingerprint density at radius 2 is 1.79 bits per heavy atom. The highest BCUT2D eigenvalue weighted by atomic mass is 35.5. The van der Waals surface area contributed by atoms with Crippen molar-refractivity contribution in [3.05, 3.63) is 86.9 Å². The maximum absolute atomic E-state index is 10.9. The number of nitrogens with two attached hydrogens (primary N) is 1. The molecule has 1 unspecified atom stereocenters. The van der Waals surface area contributed by atoms with Crippen LogP contribution in [0.1, 0.15) is 23.6 Å². The Morgan fingerprint density at radius 3 is 2.46 bits per heavy atom. The van der Waals surface area contributed by atoms with E-state index < -0.39 is 4.92 Å². The van der Waals surface area contributed by atoms with Gasteiger partial charge in [-0.1, -0.05) is 23.7 Å². The standard InChI is InChI=1S/C20H16ClN5O2/c21-14-5-1-12(2-6-14)18-11-17(13-3-7-15(8-4-13)26(27)28)23-16-9-10-19(22)25-20(16)24-18/h1-10,18H,11H2,(H3,22,24,25). The number of nitro benzene ring substituents is 1. The summed E-state index contributed by atoms with van der Waals surface area (Å²) in [6, 6.07) is 17.3. The minimum absolute atomic E-state index is 0.0418. The summed E-state index contributed by atoms with van der Waals surface area (Å²) >= 11 is 6.02. The first-order valence-corrected chi connectivity index (χ1v) is 8.98. The Hall–Kier alpha value is -3.45. The number of aliphatic imine (C=N–C) groups is 1. The average Bonchev–Trinajstić information content (AvgIpc) is 2.88. The van der Waals surface area contributed by atoms with Gasteiger partial charge in [0.05, 0.1) is 16.7 Å². The molecule has 0 fully saturated rings. The molecule has 0 saturated carbocycles. The molecule has 8 heteroatoms. The van der Waals surface area contributed by atoms with E-state index in [1.54, 1.807) is 24.3 Å². The van der Waals surface area contributed by atoms with Crippen LogP contribution in [0.25, 0.3) is 0 Å². The quantitative estimate of drug-likeness (QED) is 0.486. The van der Waals surface area contributed by atoms with E-state index in [1.807, 2.05) is 24.3 Å². The lowest BCUT2D eigenvalue weighted by Gasteiger charge is -2.19. The molecule has 0 saturated heterocycles. The van der Waals surface area contributed by atoms with Gasteiger partial charge in [-0.05, 0) is 47.5 Å². The van der Waals surface area contributed by atoms with E-state index in [1.165, 1.54) is 12.1 Å². The fourth-order valence-corrected chi connectivity index (χ4v) is 3.24. The molecule has 0 bridgehead atoms. The summed E-state index contributed by atoms with van der Waals surface area (Å²) in [6.45, 7) is 0. The molecule has 0 spiro atoms. The summed E-state index contributed by atoms with van der Waals surface area (Å²) in [6.07, 6.45) is 0.565. The smallest absolute Gasteiger partial charge is 0.269 e. The van der Waals surface area contributed by atoms with Gasteiger partial charge in [0.1, 0.15) is 11.5 Å². The van der Waals surface area contributed by atoms with Crippen LogP contribution in [0.5, 0.6) is 0 Å². The van der Waals surface area contributed by atoms with Gasteiger partial charge in [-0.25, -0.2) is 9.98 Å². The van der Waals surface area contributed by atoms with E-state index in [0.717, 1.165) is 16.8 Å². The van der Waals surface area contributed by atoms with Crippen molar-refractivity contribution in [2.45, 2.75) is 12.5 Å². The van der Waals surface area contributed by atoms with Crippen LogP contribution in [0.4, 0.5) is 23.0 Å². The fourth-order valence-electron chi connectivity index (χ4n) is 3.12. The predicted molar refractivity (Wildman–Crippen MR) is 110 cm³/mol. The summed E-state index contributed by atoms with van der Waals surface area (Å²) in [4.78, 5) is 19.7. The van der Waals surface area contributed by atoms with Gasteiger partial charge in [0.2, 0.25) is 0 Å². The molecule has 0 amide bonds. The number of nitrogens with one attached hydrogen (secondary N) is 1. The molecule has 3 N–H and O–H groups in total. The van der Waals surface area contributed by atoms with Gasteiger partial charge in [0, 0.05) is 23.6 Å². The number of nitrogens with zero attached hydrogens (tertiary/aromatic N) is 3. The largest absolute Gasteiger partial charge is 0.384 e. The normalized spacial score (nSPS) is 15.8. The topological polar surface area (TPSA) is 106 Å². The number of pyridine rings is 1. The number of rotatable bonds is 3. The zero-order valence-electron chi connectivity index (χ0n) is 14.7. The van der Waals surface area contributed by atoms with Crippen LogP contribution in [0.3, 0.4) is 0 Å². The Labute approximate surface area is 166 Å². The number of halogens is 1. The SMILES string of the molecule is Nc1ccc2c(n1)NC(c1ccc(Cl)cc1)CC(c1ccc([N+](=O)[O-])cc1)=N2. The van der Waals surface area contributed by atoms with Crippen molar-refractivity contribution in [1.82, 2.24) is 4.98 Å². The number of fused-ring (bicyclic) bond motifs is 1. The minimum atomic E-state index is -0.418. The Morgan fingerprint density at radius 1 is 1.07 bits per heavy atom. The Balaban J connectivity index is 1.78. The average molecular weight is 394 g/mol. The van der Waals surface area contributed by atoms with Crippen molar-refractivity contribution in [3.63, 3.8) is 0 Å². The highest BCUT2D eigenvalue weighted by Crippen LogP contribution is 2.35. The zero-order chi connectivity index (χ0) is 19.7. The summed E-state index contributed by atoms with van der Waals surface area (Å²) in [7, 11) is 0. The highest BCUT2D eigenvalue weighted by Gasteiger charge is 2.22. The third-order valence-corrected chi connectivity index (χ3v) is 4.80. The van der Waals surface area contributed by atoms with E-state index in [4.69, 9.17) is 22.3 Å². The van der Waals surface area contributed by atoms with Gasteiger partial charge < -0.3 is 11.1 Å². The van der Waals surface area contributed by atoms with Gasteiger partial charge >= 0.3 is 0 Å². The van der Waals surface area contributed by atoms with Crippen LogP contribution in [0, 0.1) is 10.1 Å². The second-order valence-corrected chi connectivity index (χ2v) is 6.86. The van der Waals surface area contributed by atoms with Crippen LogP contribution < -0.4 is 11.1 Å². The van der Waals surface area contributed by atoms with Crippen molar-refractivity contribution in [1.29, 1.82) is 0 Å². The molecule has 28 heavy (non-hydrogen) atoms. The molecule has 140 valence electrons. The van der Waals surface area contributed by atoms with E-state index >= 15 is 0 Å². The van der Waals surface area contributed by atoms with Crippen LogP contribution in [-0.4, -0.2) is 15.6 Å². The van der Waals surface area contributed by atoms with Crippen molar-refractivity contribution >= 4 is 40.3 Å². The number of anilines is 2. The molecule has 1 atom stereocenters. The monoisotopic (exact) mass is 393 g/mol. The van der Waals surface area contributed by atoms with Crippen molar-refractivity contribution < 1.29 is 4.92 Å². The van der Waals surface area contributed by atoms with Gasteiger partial charge in [-0.3, -0.25) is 10.1 Å². The molecule has 1 aliphatic rings. The highest BCUT2D eigenvalue weighted by molar-refractivity contribution is 6.30. The molecule has 3 aromatic rings. The Kier molecular flexibility index (Phi) is 4.67. The summed E-state index contributed by atoms with van der Waals surface area (Å²) in [5.74, 6) is 0.993. The maximum atomic E-state index is 10.9. The summed E-state index contributed by atoms with van der Waals surface area (Å²) in [5, 5.41) is 15.0. The molecule has 0 radical (unpaired) electrons. The number of non-ortho nitro benzene ring substituents is 1. The van der Waals surface area contributed by atoms with Crippen molar-refractivity contribution in [2.24, 2.45) is 4.99 Å². The maximum Gasteiger partial charge on any atom is 0.269 e. The van der Waals surface area contributed by atoms with Crippen molar-refractivity contribution in [2.75, 3.05) is 11.1 Å². The molecular weight excluding hydrogens is 378 g/mol. The minimum Gasteiger partial charge on any atom is -0.384 e. The van der Waals surface area contributed by atoms with E-state index in [9.17, 15) is 10.1 Å². The van der Waals surface area contributed by atoms with Crippen LogP contribution in [-0.2, 0) is 0 Å². The first kappa shape index (κ1) is 17.9. The van der Waals surface area contributed by atoms with Crippen LogP contribution in [0.2, 0.25) is 5.02 Å². The first-order valence-electron chi connectivity index (χ1n) is 8.60. The molecule has 1 aromatic heterocycles. The number of hydrogen-bond acceptors (Lipinski definition) is 6. The molecular formula is C20H16ClN5O2. The van der Waals surface area contributed by atoms with Crippen LogP contribution >= 0.6 is 11.6 Å². The predicted octanol–water partition coefficient (Wildman–Crippen LogP) is 4.90. The van der Waals surface area contributed by atoms with Gasteiger partial charge in [0.25, 0.3) is 5.69 Å². The second-order valence-electron chi connectivity index (χ2n) is 6.42. The number of nitrogen functional groups attached to an aromatic ring is 1. The van der Waals surface area contributed by atoms with Gasteiger partial charge in [0.15, 0.2) is 5.82 Å². The number of hydrogen-bond donors (Lipinski definition) is 2. The molecule has 4 rings (SSSR count). The summed E-state index contributed by atoms with van der Waals surface area (Å²) < 4.78 is 0. The molecule has 0 aliphatic carbocycles. The molecule has 2 heterocycles. The number of benzene rings is 2. The first-order chi connectivity index (χ1) is 13.5. The zero-order valence-corrected chi connectivity index (χ0v) is 15.4. The van der Waals surface area contributed by atoms with E-state index in [2.05, 4.69) is 10.3 Å². The second kappa shape index (κ2) is 7.28. The lowest BCUT2D eigenvalue weighted by Crippen LogP contribution is -2.15. The number of aromatic nitrogens is 1. The van der Waals surface area contributed by atoms with Gasteiger partial charge in [-0.2, -0.15) is 0 Å². The third kappa shape index (κ3) is 3.65. The fraction of sp³-hybridized carbons (Fsp3) is 0.100. The van der Waals surface area contributed by atoms with E-state index in [-0.39, 0.29) is 11.7 Å². The van der Waals surface area contributed by atoms with Crippen LogP contribution in [0.15, 0.2) is 65.7 Å². The molecule has 7 nitrogen and oxygen atoms in total. The lowest BCUT2D eigenvalue weighted by molar-refractivity contribution is -0.384. The number of nitro groups is 1. The lowest BCUT2D eigenvalue weighted by atomic mass is 9.97. The molecule has 1 aliphatic heterocycles. The third-order valence-electron chi connectivity index (χ3n) is 4.54. The Bertz CT molecular complexity index is 1060. The molecule has 2 aromatic carbocycles.